The van der Waals surface area contributed by atoms with Gasteiger partial charge in [0.05, 0.1) is 16.1 Å². The monoisotopic (exact) mass is 1020 g/mol. The first-order valence-corrected chi connectivity index (χ1v) is 25.9. The molecule has 4 aliphatic heterocycles. The van der Waals surface area contributed by atoms with Crippen molar-refractivity contribution in [3.05, 3.63) is 83.2 Å². The zero-order valence-corrected chi connectivity index (χ0v) is 41.1. The van der Waals surface area contributed by atoms with Gasteiger partial charge in [-0.3, -0.25) is 4.79 Å². The number of thioether (sulfide) groups is 2. The Balaban J connectivity index is 0.000000123. The van der Waals surface area contributed by atoms with Crippen LogP contribution in [0.2, 0.25) is 0 Å². The highest BCUT2D eigenvalue weighted by Gasteiger charge is 2.54. The molecule has 3 aromatic carbocycles. The second kappa shape index (κ2) is 18.3. The van der Waals surface area contributed by atoms with Crippen LogP contribution in [0, 0.1) is 20.8 Å². The number of rotatable bonds is 2. The van der Waals surface area contributed by atoms with Gasteiger partial charge in [-0.2, -0.15) is 25.3 Å². The SMILES string of the molecule is Cc1cc2c(cc1Br)C(=O)CC1(CCC1)O2.Cc1cc2c(cc1Br)C1(CC3(CCC3)O2)SCCCS1.Cc1cc2c(cc1Br)CCC1(CCC1)O2.SCCCS. The number of halogens is 3. The van der Waals surface area contributed by atoms with E-state index in [1.165, 1.54) is 113 Å². The molecule has 4 fully saturated rings. The highest BCUT2D eigenvalue weighted by molar-refractivity contribution is 9.11. The van der Waals surface area contributed by atoms with E-state index < -0.39 is 0 Å². The molecule has 0 N–H and O–H groups in total. The van der Waals surface area contributed by atoms with Gasteiger partial charge < -0.3 is 14.2 Å². The van der Waals surface area contributed by atoms with Crippen molar-refractivity contribution in [3.63, 3.8) is 0 Å². The van der Waals surface area contributed by atoms with Crippen molar-refractivity contribution in [1.29, 1.82) is 0 Å². The Kier molecular flexibility index (Phi) is 14.2. The van der Waals surface area contributed by atoms with Crippen LogP contribution in [0.15, 0.2) is 49.8 Å². The number of carbonyl (C=O) groups is 1. The van der Waals surface area contributed by atoms with Gasteiger partial charge in [0.15, 0.2) is 5.78 Å². The number of aryl methyl sites for hydroxylation is 4. The van der Waals surface area contributed by atoms with Gasteiger partial charge in [0.25, 0.3) is 0 Å². The van der Waals surface area contributed by atoms with Crippen molar-refractivity contribution >= 4 is 102 Å². The molecule has 3 aromatic rings. The van der Waals surface area contributed by atoms with Gasteiger partial charge in [-0.05, 0) is 186 Å². The highest BCUT2D eigenvalue weighted by atomic mass is 79.9. The Labute approximate surface area is 379 Å². The minimum Gasteiger partial charge on any atom is -0.487 e. The summed E-state index contributed by atoms with van der Waals surface area (Å²) in [4.78, 5) is 12.1. The Morgan fingerprint density at radius 2 is 1.14 bits per heavy atom. The largest absolute Gasteiger partial charge is 0.487 e. The number of hydrogen-bond donors (Lipinski definition) is 2. The van der Waals surface area contributed by atoms with Crippen LogP contribution in [0.1, 0.15) is 128 Å². The lowest BCUT2D eigenvalue weighted by Gasteiger charge is -2.53. The van der Waals surface area contributed by atoms with Crippen molar-refractivity contribution in [1.82, 2.24) is 0 Å². The molecule has 0 radical (unpaired) electrons. The Morgan fingerprint density at radius 1 is 0.625 bits per heavy atom. The van der Waals surface area contributed by atoms with Crippen molar-refractivity contribution in [3.8, 4) is 17.2 Å². The normalized spacial score (nSPS) is 21.9. The molecule has 4 nitrogen and oxygen atoms in total. The molecule has 304 valence electrons. The van der Waals surface area contributed by atoms with Crippen LogP contribution in [-0.4, -0.2) is 45.6 Å². The summed E-state index contributed by atoms with van der Waals surface area (Å²) >= 11 is 23.0. The van der Waals surface area contributed by atoms with Crippen LogP contribution in [0.5, 0.6) is 17.2 Å². The van der Waals surface area contributed by atoms with Gasteiger partial charge in [0.2, 0.25) is 0 Å². The summed E-state index contributed by atoms with van der Waals surface area (Å²) in [7, 11) is 0. The van der Waals surface area contributed by atoms with E-state index >= 15 is 0 Å². The van der Waals surface area contributed by atoms with Gasteiger partial charge in [0.1, 0.15) is 34.1 Å². The number of Topliss-reactive ketones (excluding diaryl/α,β-unsaturated/α-hetero) is 1. The fourth-order valence-corrected chi connectivity index (χ4v) is 13.9. The maximum atomic E-state index is 12.1. The zero-order valence-electron chi connectivity index (χ0n) is 32.9. The summed E-state index contributed by atoms with van der Waals surface area (Å²) < 4.78 is 22.3. The Bertz CT molecular complexity index is 1920. The quantitative estimate of drug-likeness (QED) is 0.249. The molecular weight excluding hydrogens is 972 g/mol. The first kappa shape index (κ1) is 43.7. The first-order chi connectivity index (χ1) is 26.8. The summed E-state index contributed by atoms with van der Waals surface area (Å²) in [5, 5.41) is 0. The van der Waals surface area contributed by atoms with Crippen molar-refractivity contribution in [2.24, 2.45) is 0 Å². The third kappa shape index (κ3) is 9.39. The first-order valence-electron chi connectivity index (χ1n) is 20.3. The lowest BCUT2D eigenvalue weighted by atomic mass is 9.74. The van der Waals surface area contributed by atoms with Crippen LogP contribution in [0.25, 0.3) is 0 Å². The fraction of sp³-hybridized carbons (Fsp3) is 0.578. The fourth-order valence-electron chi connectivity index (χ4n) is 8.60. The van der Waals surface area contributed by atoms with Gasteiger partial charge in [-0.25, -0.2) is 0 Å². The standard InChI is InChI=1S/C16H19BrOS2.C13H13BrO2.C13H15BrO.C3H8S2/c1-11-8-14-12(9-13(11)17)16(19-6-3-7-20-16)10-15(18-14)4-2-5-15;1-8-5-12-9(6-10(8)14)11(15)7-13(16-12)3-2-4-13;1-9-7-12-10(8-11(9)14)3-6-13(15-12)4-2-5-13;4-2-1-3-5/h8-9H,2-7,10H2,1H3;5-6H,2-4,7H2,1H3;7-8H,2-6H2,1H3;4-5H,1-3H2. The summed E-state index contributed by atoms with van der Waals surface area (Å²) in [6.07, 6.45) is 17.5. The van der Waals surface area contributed by atoms with Gasteiger partial charge in [-0.15, -0.1) is 23.5 Å². The van der Waals surface area contributed by atoms with Crippen LogP contribution < -0.4 is 14.2 Å². The number of ketones is 1. The summed E-state index contributed by atoms with van der Waals surface area (Å²) in [5.41, 5.74) is 7.37. The zero-order chi connectivity index (χ0) is 39.7. The predicted molar refractivity (Wildman–Crippen MR) is 254 cm³/mol. The third-order valence-electron chi connectivity index (χ3n) is 12.5. The number of benzene rings is 3. The van der Waals surface area contributed by atoms with E-state index in [-0.39, 0.29) is 26.7 Å². The Hall–Kier alpha value is -0.430. The molecule has 0 bridgehead atoms. The average molecular weight is 1030 g/mol. The lowest BCUT2D eigenvalue weighted by molar-refractivity contribution is -0.0291. The molecule has 4 spiro atoms. The second-order valence-corrected chi connectivity index (χ2v) is 23.2. The van der Waals surface area contributed by atoms with Crippen LogP contribution in [0.3, 0.4) is 0 Å². The molecule has 4 heterocycles. The molecule has 1 saturated heterocycles. The minimum absolute atomic E-state index is 0.143. The summed E-state index contributed by atoms with van der Waals surface area (Å²) in [6.45, 7) is 6.29. The molecule has 0 aromatic heterocycles. The number of thiol groups is 2. The highest BCUT2D eigenvalue weighted by Crippen LogP contribution is 2.63. The van der Waals surface area contributed by atoms with Crippen molar-refractivity contribution in [2.45, 2.75) is 138 Å². The summed E-state index contributed by atoms with van der Waals surface area (Å²) in [5.74, 6) is 7.77. The maximum Gasteiger partial charge on any atom is 0.170 e. The van der Waals surface area contributed by atoms with Gasteiger partial charge >= 0.3 is 0 Å². The molecule has 3 saturated carbocycles. The van der Waals surface area contributed by atoms with E-state index in [1.807, 2.05) is 19.1 Å². The van der Waals surface area contributed by atoms with Crippen molar-refractivity contribution in [2.75, 3.05) is 23.0 Å². The number of carbonyl (C=O) groups excluding carboxylic acids is 1. The van der Waals surface area contributed by atoms with Gasteiger partial charge in [0, 0.05) is 25.4 Å². The van der Waals surface area contributed by atoms with E-state index in [0.717, 1.165) is 63.6 Å². The molecule has 0 unspecified atom stereocenters. The number of ether oxygens (including phenoxy) is 3. The predicted octanol–water partition coefficient (Wildman–Crippen LogP) is 14.4. The molecule has 0 atom stereocenters. The molecule has 56 heavy (non-hydrogen) atoms. The number of hydrogen-bond acceptors (Lipinski definition) is 8. The molecule has 7 aliphatic rings. The lowest BCUT2D eigenvalue weighted by Crippen LogP contribution is -2.51. The second-order valence-electron chi connectivity index (χ2n) is 16.7. The molecule has 10 rings (SSSR count). The molecular formula is C45H55Br3O4S4. The average Bonchev–Trinajstić information content (AvgIpc) is 3.13. The number of fused-ring (bicyclic) bond motifs is 4. The van der Waals surface area contributed by atoms with E-state index in [4.69, 9.17) is 14.2 Å². The minimum atomic E-state index is -0.162. The maximum absolute atomic E-state index is 12.1. The van der Waals surface area contributed by atoms with Crippen LogP contribution >= 0.6 is 96.6 Å². The van der Waals surface area contributed by atoms with Gasteiger partial charge in [-0.1, -0.05) is 47.8 Å². The van der Waals surface area contributed by atoms with Crippen LogP contribution in [-0.2, 0) is 10.5 Å². The van der Waals surface area contributed by atoms with E-state index in [0.29, 0.717) is 6.42 Å². The van der Waals surface area contributed by atoms with E-state index in [9.17, 15) is 4.79 Å². The topological polar surface area (TPSA) is 44.8 Å². The van der Waals surface area contributed by atoms with E-state index in [2.05, 4.69) is 135 Å². The van der Waals surface area contributed by atoms with Crippen LogP contribution in [0.4, 0.5) is 0 Å². The smallest absolute Gasteiger partial charge is 0.170 e. The summed E-state index contributed by atoms with van der Waals surface area (Å²) in [6, 6.07) is 12.8. The molecule has 0 amide bonds. The Morgan fingerprint density at radius 3 is 1.70 bits per heavy atom. The molecule has 11 heteroatoms. The van der Waals surface area contributed by atoms with Crippen molar-refractivity contribution < 1.29 is 19.0 Å². The van der Waals surface area contributed by atoms with E-state index in [1.54, 1.807) is 0 Å². The molecule has 3 aliphatic carbocycles. The third-order valence-corrected chi connectivity index (χ3v) is 19.1.